The van der Waals surface area contributed by atoms with Crippen molar-refractivity contribution < 1.29 is 4.79 Å². The van der Waals surface area contributed by atoms with Gasteiger partial charge in [0.25, 0.3) is 0 Å². The number of hydrogen-bond acceptors (Lipinski definition) is 2. The molecule has 0 radical (unpaired) electrons. The van der Waals surface area contributed by atoms with Gasteiger partial charge in [0, 0.05) is 25.7 Å². The molecular weight excluding hydrogens is 296 g/mol. The molecule has 2 aromatic rings. The van der Waals surface area contributed by atoms with Crippen LogP contribution in [0.3, 0.4) is 0 Å². The summed E-state index contributed by atoms with van der Waals surface area (Å²) in [6, 6.07) is 17.1. The van der Waals surface area contributed by atoms with E-state index >= 15 is 0 Å². The van der Waals surface area contributed by atoms with Crippen molar-refractivity contribution in [3.63, 3.8) is 0 Å². The van der Waals surface area contributed by atoms with Crippen LogP contribution in [0.1, 0.15) is 29.2 Å². The number of amides is 1. The summed E-state index contributed by atoms with van der Waals surface area (Å²) < 4.78 is 0. The van der Waals surface area contributed by atoms with Gasteiger partial charge in [-0.2, -0.15) is 0 Å². The molecular formula is C21H26N2O. The molecule has 3 heteroatoms. The Kier molecular flexibility index (Phi) is 5.31. The first-order chi connectivity index (χ1) is 11.6. The fraction of sp³-hybridized carbons (Fsp3) is 0.381. The summed E-state index contributed by atoms with van der Waals surface area (Å²) >= 11 is 0. The number of nitrogens with zero attached hydrogens (tertiary/aromatic N) is 1. The van der Waals surface area contributed by atoms with E-state index in [2.05, 4.69) is 54.4 Å². The van der Waals surface area contributed by atoms with Crippen LogP contribution in [0.4, 0.5) is 0 Å². The summed E-state index contributed by atoms with van der Waals surface area (Å²) in [5.41, 5.74) is 5.16. The quantitative estimate of drug-likeness (QED) is 0.917. The van der Waals surface area contributed by atoms with Crippen molar-refractivity contribution in [2.45, 2.75) is 39.3 Å². The highest BCUT2D eigenvalue weighted by atomic mass is 16.1. The van der Waals surface area contributed by atoms with Crippen LogP contribution in [0.2, 0.25) is 0 Å². The monoisotopic (exact) mass is 322 g/mol. The molecule has 126 valence electrons. The van der Waals surface area contributed by atoms with Crippen LogP contribution in [0, 0.1) is 6.92 Å². The zero-order chi connectivity index (χ0) is 16.9. The number of aryl methyl sites for hydroxylation is 1. The molecule has 0 fully saturated rings. The number of carbonyl (C=O) groups excluding carboxylic acids is 1. The number of benzene rings is 2. The molecule has 0 spiro atoms. The first-order valence-corrected chi connectivity index (χ1v) is 8.75. The highest BCUT2D eigenvalue weighted by molar-refractivity contribution is 5.78. The van der Waals surface area contributed by atoms with E-state index in [9.17, 15) is 4.79 Å². The maximum atomic E-state index is 12.2. The van der Waals surface area contributed by atoms with Gasteiger partial charge >= 0.3 is 0 Å². The third-order valence-corrected chi connectivity index (χ3v) is 4.99. The average Bonchev–Trinajstić information content (AvgIpc) is 2.61. The molecule has 0 saturated carbocycles. The summed E-state index contributed by atoms with van der Waals surface area (Å²) in [5, 5.41) is 3.10. The van der Waals surface area contributed by atoms with Gasteiger partial charge < -0.3 is 5.32 Å². The molecule has 3 nitrogen and oxygen atoms in total. The van der Waals surface area contributed by atoms with Crippen LogP contribution < -0.4 is 5.32 Å². The lowest BCUT2D eigenvalue weighted by Crippen LogP contribution is -2.44. The number of rotatable bonds is 5. The van der Waals surface area contributed by atoms with Crippen molar-refractivity contribution in [1.82, 2.24) is 10.2 Å². The normalized spacial score (nSPS) is 15.6. The fourth-order valence-electron chi connectivity index (χ4n) is 3.33. The largest absolute Gasteiger partial charge is 0.354 e. The van der Waals surface area contributed by atoms with E-state index in [-0.39, 0.29) is 5.91 Å². The predicted octanol–water partition coefficient (Wildman–Crippen LogP) is 3.10. The van der Waals surface area contributed by atoms with Crippen LogP contribution in [0.25, 0.3) is 0 Å². The van der Waals surface area contributed by atoms with E-state index in [1.807, 2.05) is 18.2 Å². The molecule has 1 amide bonds. The highest BCUT2D eigenvalue weighted by Gasteiger charge is 2.20. The van der Waals surface area contributed by atoms with Crippen LogP contribution in [0.5, 0.6) is 0 Å². The molecule has 1 aliphatic rings. The molecule has 0 saturated heterocycles. The molecule has 24 heavy (non-hydrogen) atoms. The molecule has 0 aliphatic carbocycles. The van der Waals surface area contributed by atoms with Crippen molar-refractivity contribution in [2.75, 3.05) is 13.1 Å². The van der Waals surface area contributed by atoms with Gasteiger partial charge in [-0.3, -0.25) is 9.69 Å². The predicted molar refractivity (Wildman–Crippen MR) is 97.9 cm³/mol. The minimum absolute atomic E-state index is 0.105. The number of hydrogen-bond donors (Lipinski definition) is 1. The third-order valence-electron chi connectivity index (χ3n) is 4.99. The smallest absolute Gasteiger partial charge is 0.224 e. The van der Waals surface area contributed by atoms with E-state index in [1.165, 1.54) is 16.7 Å². The molecule has 2 aromatic carbocycles. The van der Waals surface area contributed by atoms with Crippen molar-refractivity contribution >= 4 is 5.91 Å². The number of nitrogens with one attached hydrogen (secondary N) is 1. The Bertz CT molecular complexity index is 710. The van der Waals surface area contributed by atoms with Gasteiger partial charge in [-0.05, 0) is 42.5 Å². The summed E-state index contributed by atoms with van der Waals surface area (Å²) in [7, 11) is 0. The van der Waals surface area contributed by atoms with E-state index in [1.54, 1.807) is 0 Å². The van der Waals surface area contributed by atoms with Gasteiger partial charge in [-0.15, -0.1) is 0 Å². The third kappa shape index (κ3) is 4.04. The van der Waals surface area contributed by atoms with Gasteiger partial charge in [0.05, 0.1) is 6.42 Å². The molecule has 1 aliphatic heterocycles. The van der Waals surface area contributed by atoms with Crippen molar-refractivity contribution in [3.05, 3.63) is 70.8 Å². The Morgan fingerprint density at radius 2 is 1.83 bits per heavy atom. The Morgan fingerprint density at radius 1 is 1.12 bits per heavy atom. The first-order valence-electron chi connectivity index (χ1n) is 8.75. The second-order valence-corrected chi connectivity index (χ2v) is 6.75. The van der Waals surface area contributed by atoms with Gasteiger partial charge in [0.15, 0.2) is 0 Å². The van der Waals surface area contributed by atoms with Crippen molar-refractivity contribution in [1.29, 1.82) is 0 Å². The van der Waals surface area contributed by atoms with Crippen LogP contribution in [-0.2, 0) is 24.2 Å². The standard InChI is InChI=1S/C21H26N2O/c1-16-7-3-4-9-19(16)13-21(24)22-14-17(2)23-12-11-18-8-5-6-10-20(18)15-23/h3-10,17H,11-15H2,1-2H3,(H,22,24). The molecule has 1 unspecified atom stereocenters. The van der Waals surface area contributed by atoms with E-state index in [4.69, 9.17) is 0 Å². The van der Waals surface area contributed by atoms with Gasteiger partial charge in [-0.1, -0.05) is 48.5 Å². The average molecular weight is 322 g/mol. The van der Waals surface area contributed by atoms with E-state index < -0.39 is 0 Å². The van der Waals surface area contributed by atoms with E-state index in [0.29, 0.717) is 19.0 Å². The van der Waals surface area contributed by atoms with Crippen LogP contribution in [-0.4, -0.2) is 29.9 Å². The zero-order valence-corrected chi connectivity index (χ0v) is 14.6. The van der Waals surface area contributed by atoms with Crippen LogP contribution in [0.15, 0.2) is 48.5 Å². The first kappa shape index (κ1) is 16.7. The molecule has 0 bridgehead atoms. The lowest BCUT2D eigenvalue weighted by molar-refractivity contribution is -0.120. The van der Waals surface area contributed by atoms with Crippen molar-refractivity contribution in [2.24, 2.45) is 0 Å². The minimum Gasteiger partial charge on any atom is -0.354 e. The summed E-state index contributed by atoms with van der Waals surface area (Å²) in [4.78, 5) is 14.7. The Morgan fingerprint density at radius 3 is 2.62 bits per heavy atom. The summed E-state index contributed by atoms with van der Waals surface area (Å²) in [6.45, 7) is 6.99. The molecule has 3 rings (SSSR count). The van der Waals surface area contributed by atoms with Gasteiger partial charge in [0.1, 0.15) is 0 Å². The van der Waals surface area contributed by atoms with Gasteiger partial charge in [0.2, 0.25) is 5.91 Å². The SMILES string of the molecule is Cc1ccccc1CC(=O)NCC(C)N1CCc2ccccc2C1. The number of fused-ring (bicyclic) bond motifs is 1. The van der Waals surface area contributed by atoms with Crippen LogP contribution >= 0.6 is 0 Å². The lowest BCUT2D eigenvalue weighted by atomic mass is 9.99. The maximum Gasteiger partial charge on any atom is 0.224 e. The Hall–Kier alpha value is -2.13. The highest BCUT2D eigenvalue weighted by Crippen LogP contribution is 2.20. The topological polar surface area (TPSA) is 32.3 Å². The maximum absolute atomic E-state index is 12.2. The molecule has 0 aromatic heterocycles. The minimum atomic E-state index is 0.105. The zero-order valence-electron chi connectivity index (χ0n) is 14.6. The Labute approximate surface area is 144 Å². The second-order valence-electron chi connectivity index (χ2n) is 6.75. The molecule has 1 heterocycles. The summed E-state index contributed by atoms with van der Waals surface area (Å²) in [5.74, 6) is 0.105. The van der Waals surface area contributed by atoms with Crippen molar-refractivity contribution in [3.8, 4) is 0 Å². The number of carbonyl (C=O) groups is 1. The van der Waals surface area contributed by atoms with E-state index in [0.717, 1.165) is 25.1 Å². The Balaban J connectivity index is 1.50. The second kappa shape index (κ2) is 7.63. The lowest BCUT2D eigenvalue weighted by Gasteiger charge is -2.33. The molecule has 1 atom stereocenters. The molecule has 1 N–H and O–H groups in total. The van der Waals surface area contributed by atoms with Gasteiger partial charge in [-0.25, -0.2) is 0 Å². The summed E-state index contributed by atoms with van der Waals surface area (Å²) in [6.07, 6.45) is 1.56. The fourth-order valence-corrected chi connectivity index (χ4v) is 3.33.